The lowest BCUT2D eigenvalue weighted by atomic mass is 9.32. The molecule has 0 amide bonds. The number of phenolic OH excluding ortho intramolecular Hbond substituents is 5. The number of aromatic amines is 1. The van der Waals surface area contributed by atoms with Crippen LogP contribution in [0, 0.1) is 34.5 Å². The van der Waals surface area contributed by atoms with Crippen LogP contribution < -0.4 is 5.32 Å². The number of nitrogens with zero attached hydrogens (tertiary/aromatic N) is 1. The van der Waals surface area contributed by atoms with E-state index in [0.717, 1.165) is 37.7 Å². The molecule has 1 aliphatic heterocycles. The molecule has 342 valence electrons. The second-order valence-electron chi connectivity index (χ2n) is 21.0. The third-order valence-electron chi connectivity index (χ3n) is 18.7. The van der Waals surface area contributed by atoms with Gasteiger partial charge in [-0.3, -0.25) is 0 Å². The van der Waals surface area contributed by atoms with Crippen molar-refractivity contribution in [3.8, 4) is 28.7 Å². The number of aromatic nitrogens is 2. The highest BCUT2D eigenvalue weighted by Gasteiger charge is 2.77. The molecule has 9 N–H and O–H groups in total. The first-order valence-corrected chi connectivity index (χ1v) is 24.5. The number of allylic oxidation sites excluding steroid dienone is 1. The normalized spacial score (nSPS) is 33.0. The van der Waals surface area contributed by atoms with Crippen LogP contribution in [0.15, 0.2) is 90.4 Å². The molecule has 10 heteroatoms. The number of imidazole rings is 1. The minimum absolute atomic E-state index is 0.0213. The molecule has 10 nitrogen and oxygen atoms in total. The monoisotopic (exact) mass is 887 g/mol. The van der Waals surface area contributed by atoms with Crippen molar-refractivity contribution in [2.45, 2.75) is 113 Å². The van der Waals surface area contributed by atoms with E-state index >= 15 is 0 Å². The molecule has 66 heavy (non-hydrogen) atoms. The molecular weight excluding hydrogens is 827 g/mol. The molecular formula is C56H61N3O7. The fourth-order valence-corrected chi connectivity index (χ4v) is 16.4. The van der Waals surface area contributed by atoms with Crippen molar-refractivity contribution in [1.29, 1.82) is 0 Å². The van der Waals surface area contributed by atoms with Gasteiger partial charge in [0.05, 0.1) is 23.9 Å². The molecule has 4 aromatic carbocycles. The summed E-state index contributed by atoms with van der Waals surface area (Å²) < 4.78 is 0. The third-order valence-corrected chi connectivity index (χ3v) is 18.7. The molecule has 1 aromatic heterocycles. The van der Waals surface area contributed by atoms with Crippen molar-refractivity contribution in [2.24, 2.45) is 34.5 Å². The van der Waals surface area contributed by atoms with E-state index in [0.29, 0.717) is 53.2 Å². The summed E-state index contributed by atoms with van der Waals surface area (Å²) in [7, 11) is 0. The summed E-state index contributed by atoms with van der Waals surface area (Å²) in [4.78, 5) is 8.53. The predicted octanol–water partition coefficient (Wildman–Crippen LogP) is 9.56. The van der Waals surface area contributed by atoms with Crippen molar-refractivity contribution < 1.29 is 35.7 Å². The van der Waals surface area contributed by atoms with Gasteiger partial charge in [0.2, 0.25) is 0 Å². The molecule has 5 aromatic rings. The summed E-state index contributed by atoms with van der Waals surface area (Å²) >= 11 is 0. The topological polar surface area (TPSA) is 182 Å². The van der Waals surface area contributed by atoms with Gasteiger partial charge in [0.1, 0.15) is 5.75 Å². The molecule has 0 unspecified atom stereocenters. The smallest absolute Gasteiger partial charge is 0.169 e. The Bertz CT molecular complexity index is 2850. The molecule has 0 bridgehead atoms. The maximum atomic E-state index is 12.6. The average molecular weight is 888 g/mol. The lowest BCUT2D eigenvalue weighted by Gasteiger charge is -2.73. The molecule has 4 saturated carbocycles. The molecule has 0 radical (unpaired) electrons. The van der Waals surface area contributed by atoms with Crippen molar-refractivity contribution >= 4 is 22.9 Å². The number of benzene rings is 4. The van der Waals surface area contributed by atoms with Crippen molar-refractivity contribution in [2.75, 3.05) is 6.61 Å². The van der Waals surface area contributed by atoms with Crippen LogP contribution in [-0.2, 0) is 24.7 Å². The third kappa shape index (κ3) is 5.80. The lowest BCUT2D eigenvalue weighted by molar-refractivity contribution is -0.191. The van der Waals surface area contributed by atoms with Gasteiger partial charge in [-0.1, -0.05) is 79.1 Å². The summed E-state index contributed by atoms with van der Waals surface area (Å²) in [5, 5.41) is 82.5. The number of aryl methyl sites for hydroxylation is 2. The lowest BCUT2D eigenvalue weighted by Crippen LogP contribution is -2.76. The van der Waals surface area contributed by atoms with Gasteiger partial charge in [-0.2, -0.15) is 0 Å². The van der Waals surface area contributed by atoms with Crippen LogP contribution in [0.4, 0.5) is 0 Å². The number of hydrogen-bond donors (Lipinski definition) is 9. The number of fused-ring (bicyclic) bond motifs is 7. The van der Waals surface area contributed by atoms with Crippen LogP contribution in [0.2, 0.25) is 0 Å². The Labute approximate surface area is 385 Å². The average Bonchev–Trinajstić information content (AvgIpc) is 4.11. The van der Waals surface area contributed by atoms with Crippen LogP contribution >= 0.6 is 0 Å². The molecule has 6 aliphatic carbocycles. The highest BCUT2D eigenvalue weighted by atomic mass is 16.3. The van der Waals surface area contributed by atoms with E-state index in [1.165, 1.54) is 84.7 Å². The second kappa shape index (κ2) is 15.5. The van der Waals surface area contributed by atoms with E-state index in [4.69, 9.17) is 4.98 Å². The van der Waals surface area contributed by atoms with Crippen LogP contribution in [0.3, 0.4) is 0 Å². The van der Waals surface area contributed by atoms with Crippen LogP contribution in [0.25, 0.3) is 22.9 Å². The Morgan fingerprint density at radius 1 is 0.803 bits per heavy atom. The van der Waals surface area contributed by atoms with Crippen molar-refractivity contribution in [3.05, 3.63) is 129 Å². The summed E-state index contributed by atoms with van der Waals surface area (Å²) in [6, 6.07) is 16.4. The van der Waals surface area contributed by atoms with E-state index in [1.54, 1.807) is 18.2 Å². The van der Waals surface area contributed by atoms with Gasteiger partial charge in [-0.15, -0.1) is 0 Å². The molecule has 4 fully saturated rings. The van der Waals surface area contributed by atoms with E-state index in [1.807, 2.05) is 18.5 Å². The van der Waals surface area contributed by atoms with Gasteiger partial charge in [0, 0.05) is 41.4 Å². The summed E-state index contributed by atoms with van der Waals surface area (Å²) in [6.07, 6.45) is 25.5. The van der Waals surface area contributed by atoms with E-state index in [2.05, 4.69) is 46.8 Å². The highest BCUT2D eigenvalue weighted by molar-refractivity contribution is 6.03. The maximum absolute atomic E-state index is 12.6. The Hall–Kier alpha value is -5.55. The molecule has 2 heterocycles. The van der Waals surface area contributed by atoms with Gasteiger partial charge in [-0.05, 0) is 163 Å². The largest absolute Gasteiger partial charge is 0.507 e. The molecule has 10 atom stereocenters. The number of phenols is 5. The van der Waals surface area contributed by atoms with Crippen molar-refractivity contribution in [1.82, 2.24) is 15.3 Å². The summed E-state index contributed by atoms with van der Waals surface area (Å²) in [6.45, 7) is 0.111. The minimum atomic E-state index is -0.554. The van der Waals surface area contributed by atoms with Crippen LogP contribution in [0.5, 0.6) is 28.7 Å². The zero-order valence-corrected chi connectivity index (χ0v) is 37.4. The van der Waals surface area contributed by atoms with Gasteiger partial charge >= 0.3 is 0 Å². The van der Waals surface area contributed by atoms with Crippen LogP contribution in [-0.4, -0.2) is 64.5 Å². The molecule has 2 spiro atoms. The molecule has 12 rings (SSSR count). The fourth-order valence-electron chi connectivity index (χ4n) is 16.4. The Kier molecular flexibility index (Phi) is 9.83. The Balaban J connectivity index is 0.934. The number of nitrogens with one attached hydrogen (secondary N) is 2. The SMILES string of the molecule is OCCC1=C2CCc3cc(CCc4c(O)c(O)c5c(O)cccc5c4/C=C/c4ccc(O)c(O)c4)ccc3[C@@H]2N[C@H]2[C@@H]1C[C@@H]1CCC[C@@]13CC[C@]14CCC[C@H]1C=C[C@@H](O)[C@H]4[C@]23c1cnc[nH]1. The van der Waals surface area contributed by atoms with Crippen LogP contribution in [0.1, 0.15) is 116 Å². The Morgan fingerprint density at radius 3 is 2.52 bits per heavy atom. The number of aromatic hydroxyl groups is 5. The van der Waals surface area contributed by atoms with Gasteiger partial charge < -0.3 is 46.0 Å². The van der Waals surface area contributed by atoms with Gasteiger partial charge in [0.25, 0.3) is 0 Å². The first-order chi connectivity index (χ1) is 32.1. The number of H-pyrrole nitrogens is 1. The second-order valence-corrected chi connectivity index (χ2v) is 21.0. The quantitative estimate of drug-likeness (QED) is 0.0416. The number of aliphatic hydroxyl groups is 2. The van der Waals surface area contributed by atoms with E-state index in [9.17, 15) is 35.7 Å². The maximum Gasteiger partial charge on any atom is 0.169 e. The fraction of sp³-hybridized carbons (Fsp3) is 0.446. The van der Waals surface area contributed by atoms with E-state index < -0.39 is 6.10 Å². The number of hydrogen-bond acceptors (Lipinski definition) is 9. The van der Waals surface area contributed by atoms with Gasteiger partial charge in [0.15, 0.2) is 23.0 Å². The predicted molar refractivity (Wildman–Crippen MR) is 254 cm³/mol. The molecule has 0 saturated heterocycles. The zero-order chi connectivity index (χ0) is 45.1. The summed E-state index contributed by atoms with van der Waals surface area (Å²) in [5.41, 5.74) is 9.19. The van der Waals surface area contributed by atoms with Gasteiger partial charge in [-0.25, -0.2) is 4.98 Å². The van der Waals surface area contributed by atoms with Crippen molar-refractivity contribution in [3.63, 3.8) is 0 Å². The number of aliphatic hydroxyl groups excluding tert-OH is 2. The highest BCUT2D eigenvalue weighted by Crippen LogP contribution is 2.78. The summed E-state index contributed by atoms with van der Waals surface area (Å²) in [5.74, 6) is 0.0342. The molecule has 7 aliphatic rings. The number of rotatable bonds is 8. The zero-order valence-electron chi connectivity index (χ0n) is 37.4. The van der Waals surface area contributed by atoms with E-state index in [-0.39, 0.29) is 80.9 Å². The minimum Gasteiger partial charge on any atom is -0.507 e. The first kappa shape index (κ1) is 41.9. The standard InChI is InChI=1S/C56H61N3O7/c60-25-20-38-40-17-12-33-26-31(10-16-41-37(15-9-32-11-18-43(61)46(64)27-32)39-6-1-7-44(62)48(39)51(66)50(41)65)8-14-36(33)49(40)59-53-42(38)28-35-5-3-22-55(35)24-23-54-21-2-4-34(54)13-19-45(63)52(54)56(53,55)47-29-57-30-58-47/h1,6-9,11,13-15,18-19,26-27,29-30,34-35,42,45,49,52-53,59-66H,2-5,10,12,16-17,20-25,28H2,(H,57,58)/b15-9+/t34-,35-,42+,45+,49-,52+,53-,54+,55+,56+/m0/s1. The Morgan fingerprint density at radius 2 is 1.68 bits per heavy atom. The first-order valence-electron chi connectivity index (χ1n) is 24.5.